The Labute approximate surface area is 244 Å². The molecule has 1 amide bonds. The van der Waals surface area contributed by atoms with Gasteiger partial charge in [-0.2, -0.15) is 0 Å². The fourth-order valence-corrected chi connectivity index (χ4v) is 5.60. The van der Waals surface area contributed by atoms with Crippen LogP contribution in [0.5, 0.6) is 5.75 Å². The van der Waals surface area contributed by atoms with E-state index in [1.165, 1.54) is 0 Å². The molecule has 1 unspecified atom stereocenters. The third-order valence-corrected chi connectivity index (χ3v) is 8.00. The summed E-state index contributed by atoms with van der Waals surface area (Å²) in [6.07, 6.45) is 0. The van der Waals surface area contributed by atoms with E-state index in [4.69, 9.17) is 4.74 Å². The molecule has 1 aliphatic rings. The number of nitrogens with zero attached hydrogens (tertiary/aromatic N) is 2. The zero-order valence-electron chi connectivity index (χ0n) is 25.5. The van der Waals surface area contributed by atoms with Crippen molar-refractivity contribution in [2.45, 2.75) is 66.5 Å². The van der Waals surface area contributed by atoms with Gasteiger partial charge in [0.15, 0.2) is 0 Å². The Kier molecular flexibility index (Phi) is 8.62. The number of benzene rings is 3. The lowest BCUT2D eigenvalue weighted by atomic mass is 9.84. The number of anilines is 1. The van der Waals surface area contributed by atoms with Crippen molar-refractivity contribution in [1.29, 1.82) is 0 Å². The van der Waals surface area contributed by atoms with Gasteiger partial charge in [-0.05, 0) is 80.1 Å². The van der Waals surface area contributed by atoms with Gasteiger partial charge in [0, 0.05) is 36.4 Å². The Hall–Kier alpha value is -4.06. The monoisotopic (exact) mass is 554 g/mol. The summed E-state index contributed by atoms with van der Waals surface area (Å²) in [5.41, 5.74) is 6.13. The van der Waals surface area contributed by atoms with Crippen molar-refractivity contribution in [3.63, 3.8) is 0 Å². The molecule has 0 saturated carbocycles. The van der Waals surface area contributed by atoms with Crippen LogP contribution in [0.25, 0.3) is 5.76 Å². The molecule has 1 heterocycles. The average Bonchev–Trinajstić information content (AvgIpc) is 3.19. The van der Waals surface area contributed by atoms with Crippen LogP contribution < -0.4 is 9.64 Å². The molecule has 4 rings (SSSR count). The van der Waals surface area contributed by atoms with Gasteiger partial charge in [0.25, 0.3) is 11.7 Å². The van der Waals surface area contributed by atoms with Crippen molar-refractivity contribution >= 4 is 23.1 Å². The Balaban J connectivity index is 1.90. The van der Waals surface area contributed by atoms with Gasteiger partial charge in [-0.25, -0.2) is 0 Å². The number of hydrogen-bond donors (Lipinski definition) is 1. The number of aliphatic hydroxyl groups is 1. The number of methoxy groups -OCH3 is 1. The van der Waals surface area contributed by atoms with Crippen LogP contribution in [0.3, 0.4) is 0 Å². The quantitative estimate of drug-likeness (QED) is 0.183. The molecular formula is C35H42N2O4. The van der Waals surface area contributed by atoms with E-state index >= 15 is 0 Å². The molecule has 1 N–H and O–H groups in total. The number of Topliss-reactive ketones (excluding diaryl/α,β-unsaturated/α-hetero) is 1. The second-order valence-electron chi connectivity index (χ2n) is 11.8. The van der Waals surface area contributed by atoms with Crippen molar-refractivity contribution in [3.05, 3.63) is 99.6 Å². The van der Waals surface area contributed by atoms with Gasteiger partial charge in [0.1, 0.15) is 11.5 Å². The van der Waals surface area contributed by atoms with E-state index < -0.39 is 17.7 Å². The minimum atomic E-state index is -0.735. The molecule has 0 spiro atoms. The zero-order chi connectivity index (χ0) is 30.1. The number of hydrogen-bond acceptors (Lipinski definition) is 5. The van der Waals surface area contributed by atoms with Crippen LogP contribution in [-0.4, -0.2) is 41.9 Å². The number of carbonyl (C=O) groups is 2. The first kappa shape index (κ1) is 29.9. The van der Waals surface area contributed by atoms with Crippen LogP contribution in [-0.2, 0) is 21.5 Å². The molecular weight excluding hydrogens is 512 g/mol. The highest BCUT2D eigenvalue weighted by Crippen LogP contribution is 2.42. The number of rotatable bonds is 8. The van der Waals surface area contributed by atoms with Crippen molar-refractivity contribution in [3.8, 4) is 5.75 Å². The number of carbonyl (C=O) groups excluding carboxylic acids is 2. The minimum absolute atomic E-state index is 0.0981. The molecule has 1 saturated heterocycles. The highest BCUT2D eigenvalue weighted by Gasteiger charge is 2.46. The third-order valence-electron chi connectivity index (χ3n) is 8.00. The number of ketones is 1. The summed E-state index contributed by atoms with van der Waals surface area (Å²) in [7, 11) is 1.62. The van der Waals surface area contributed by atoms with Gasteiger partial charge < -0.3 is 19.6 Å². The minimum Gasteiger partial charge on any atom is -0.507 e. The summed E-state index contributed by atoms with van der Waals surface area (Å²) in [5.74, 6) is -0.778. The van der Waals surface area contributed by atoms with Crippen LogP contribution in [0.15, 0.2) is 66.2 Å². The maximum absolute atomic E-state index is 13.7. The molecule has 216 valence electrons. The van der Waals surface area contributed by atoms with Gasteiger partial charge in [-0.15, -0.1) is 0 Å². The lowest BCUT2D eigenvalue weighted by Gasteiger charge is -2.27. The van der Waals surface area contributed by atoms with E-state index in [1.807, 2.05) is 62.4 Å². The van der Waals surface area contributed by atoms with Gasteiger partial charge in [0.2, 0.25) is 0 Å². The van der Waals surface area contributed by atoms with Crippen molar-refractivity contribution in [2.75, 3.05) is 25.1 Å². The number of likely N-dealkylation sites (tertiary alicyclic amines) is 1. The van der Waals surface area contributed by atoms with Crippen LogP contribution in [0.4, 0.5) is 5.69 Å². The van der Waals surface area contributed by atoms with Crippen LogP contribution >= 0.6 is 0 Å². The predicted octanol–water partition coefficient (Wildman–Crippen LogP) is 7.08. The summed E-state index contributed by atoms with van der Waals surface area (Å²) in [6, 6.07) is 18.7. The molecule has 6 nitrogen and oxygen atoms in total. The molecule has 1 aliphatic heterocycles. The molecule has 6 heteroatoms. The topological polar surface area (TPSA) is 70.1 Å². The van der Waals surface area contributed by atoms with Crippen molar-refractivity contribution in [2.24, 2.45) is 0 Å². The fraction of sp³-hybridized carbons (Fsp3) is 0.371. The highest BCUT2D eigenvalue weighted by molar-refractivity contribution is 6.46. The molecule has 0 aliphatic carbocycles. The van der Waals surface area contributed by atoms with Crippen molar-refractivity contribution < 1.29 is 19.4 Å². The van der Waals surface area contributed by atoms with E-state index in [0.717, 1.165) is 46.6 Å². The van der Waals surface area contributed by atoms with E-state index in [-0.39, 0.29) is 23.3 Å². The lowest BCUT2D eigenvalue weighted by molar-refractivity contribution is -0.140. The first-order valence-corrected chi connectivity index (χ1v) is 14.3. The Bertz CT molecular complexity index is 1480. The normalized spacial score (nSPS) is 16.8. The smallest absolute Gasteiger partial charge is 0.295 e. The number of ether oxygens (including phenoxy) is 1. The Morgan fingerprint density at radius 1 is 0.951 bits per heavy atom. The number of amides is 1. The Morgan fingerprint density at radius 2 is 1.61 bits per heavy atom. The average molecular weight is 555 g/mol. The van der Waals surface area contributed by atoms with Gasteiger partial charge in [-0.3, -0.25) is 9.59 Å². The summed E-state index contributed by atoms with van der Waals surface area (Å²) in [6.45, 7) is 16.4. The maximum Gasteiger partial charge on any atom is 0.295 e. The summed E-state index contributed by atoms with van der Waals surface area (Å²) in [5, 5.41) is 11.7. The summed E-state index contributed by atoms with van der Waals surface area (Å²) < 4.78 is 5.58. The predicted molar refractivity (Wildman–Crippen MR) is 165 cm³/mol. The fourth-order valence-electron chi connectivity index (χ4n) is 5.60. The molecule has 0 radical (unpaired) electrons. The van der Waals surface area contributed by atoms with Crippen LogP contribution in [0.2, 0.25) is 0 Å². The van der Waals surface area contributed by atoms with E-state index in [0.29, 0.717) is 11.3 Å². The molecule has 1 fully saturated rings. The maximum atomic E-state index is 13.7. The van der Waals surface area contributed by atoms with E-state index in [1.54, 1.807) is 24.1 Å². The molecule has 1 atom stereocenters. The molecule has 0 aromatic heterocycles. The highest BCUT2D eigenvalue weighted by atomic mass is 16.5. The van der Waals surface area contributed by atoms with Crippen LogP contribution in [0, 0.1) is 13.8 Å². The van der Waals surface area contributed by atoms with Gasteiger partial charge in [0.05, 0.1) is 18.7 Å². The number of aliphatic hydroxyl groups excluding tert-OH is 1. The van der Waals surface area contributed by atoms with Crippen molar-refractivity contribution in [1.82, 2.24) is 4.90 Å². The van der Waals surface area contributed by atoms with E-state index in [2.05, 4.69) is 39.5 Å². The second kappa shape index (κ2) is 11.8. The van der Waals surface area contributed by atoms with Gasteiger partial charge >= 0.3 is 0 Å². The van der Waals surface area contributed by atoms with Crippen LogP contribution in [0.1, 0.15) is 74.0 Å². The standard InChI is InChI=1S/C35H42N2O4/c1-9-36(10-2)27-16-13-24(14-17-27)31-30(32(38)25-15-18-29(41-8)28(20-25)35(5,6)7)33(39)34(40)37(31)21-26-19-22(3)11-12-23(26)4/h11-20,31,38H,9-10,21H2,1-8H3/b32-30-. The second-order valence-corrected chi connectivity index (χ2v) is 11.8. The summed E-state index contributed by atoms with van der Waals surface area (Å²) >= 11 is 0. The Morgan fingerprint density at radius 3 is 2.20 bits per heavy atom. The first-order valence-electron chi connectivity index (χ1n) is 14.3. The molecule has 0 bridgehead atoms. The lowest BCUT2D eigenvalue weighted by Crippen LogP contribution is -2.29. The largest absolute Gasteiger partial charge is 0.507 e. The van der Waals surface area contributed by atoms with E-state index in [9.17, 15) is 14.7 Å². The SMILES string of the molecule is CCN(CC)c1ccc(C2/C(=C(/O)c3ccc(OC)c(C(C)(C)C)c3)C(=O)C(=O)N2Cc2cc(C)ccc2C)cc1. The molecule has 3 aromatic carbocycles. The third kappa shape index (κ3) is 5.88. The first-order chi connectivity index (χ1) is 19.4. The zero-order valence-corrected chi connectivity index (χ0v) is 25.5. The summed E-state index contributed by atoms with van der Waals surface area (Å²) in [4.78, 5) is 31.2. The number of aryl methyl sites for hydroxylation is 2. The molecule has 3 aromatic rings. The molecule has 41 heavy (non-hydrogen) atoms. The van der Waals surface area contributed by atoms with Gasteiger partial charge in [-0.1, -0.05) is 56.7 Å².